The van der Waals surface area contributed by atoms with Crippen molar-refractivity contribution in [1.82, 2.24) is 5.32 Å². The Morgan fingerprint density at radius 2 is 2.04 bits per heavy atom. The van der Waals surface area contributed by atoms with Gasteiger partial charge >= 0.3 is 5.97 Å². The van der Waals surface area contributed by atoms with Crippen LogP contribution in [0.3, 0.4) is 0 Å². The number of rotatable bonds is 6. The van der Waals surface area contributed by atoms with E-state index in [2.05, 4.69) is 5.32 Å². The quantitative estimate of drug-likeness (QED) is 0.817. The van der Waals surface area contributed by atoms with E-state index < -0.39 is 41.4 Å². The van der Waals surface area contributed by atoms with Gasteiger partial charge in [0.15, 0.2) is 0 Å². The monoisotopic (exact) mass is 354 g/mol. The van der Waals surface area contributed by atoms with Gasteiger partial charge in [-0.15, -0.1) is 0 Å². The van der Waals surface area contributed by atoms with Gasteiger partial charge < -0.3 is 15.3 Å². The Bertz CT molecular complexity index is 693. The third-order valence-electron chi connectivity index (χ3n) is 4.02. The number of amides is 2. The van der Waals surface area contributed by atoms with Crippen LogP contribution in [0.5, 0.6) is 0 Å². The van der Waals surface area contributed by atoms with Gasteiger partial charge in [0, 0.05) is 19.0 Å². The Morgan fingerprint density at radius 1 is 1.36 bits per heavy atom. The second-order valence-electron chi connectivity index (χ2n) is 6.53. The van der Waals surface area contributed by atoms with E-state index in [4.69, 9.17) is 0 Å². The Labute approximate surface area is 143 Å². The molecule has 1 saturated heterocycles. The summed E-state index contributed by atoms with van der Waals surface area (Å²) in [6, 6.07) is 1.79. The van der Waals surface area contributed by atoms with Gasteiger partial charge in [-0.2, -0.15) is 0 Å². The first kappa shape index (κ1) is 18.8. The average Bonchev–Trinajstić information content (AvgIpc) is 2.88. The second-order valence-corrected chi connectivity index (χ2v) is 6.53. The Kier molecular flexibility index (Phi) is 5.71. The van der Waals surface area contributed by atoms with E-state index in [0.29, 0.717) is 6.07 Å². The third kappa shape index (κ3) is 4.52. The predicted molar refractivity (Wildman–Crippen MR) is 85.8 cm³/mol. The van der Waals surface area contributed by atoms with E-state index in [0.717, 1.165) is 17.0 Å². The minimum atomic E-state index is -1.15. The molecule has 0 saturated carbocycles. The summed E-state index contributed by atoms with van der Waals surface area (Å²) < 4.78 is 26.8. The summed E-state index contributed by atoms with van der Waals surface area (Å²) in [7, 11) is 0. The smallest absolute Gasteiger partial charge is 0.326 e. The first-order valence-corrected chi connectivity index (χ1v) is 7.97. The fourth-order valence-corrected chi connectivity index (χ4v) is 2.80. The second kappa shape index (κ2) is 7.58. The molecule has 8 heteroatoms. The van der Waals surface area contributed by atoms with Crippen LogP contribution in [0.4, 0.5) is 14.5 Å². The van der Waals surface area contributed by atoms with Crippen molar-refractivity contribution < 1.29 is 28.3 Å². The van der Waals surface area contributed by atoms with Crippen molar-refractivity contribution in [3.05, 3.63) is 29.8 Å². The lowest BCUT2D eigenvalue weighted by atomic mass is 10.0. The van der Waals surface area contributed by atoms with Gasteiger partial charge in [-0.05, 0) is 24.5 Å². The zero-order chi connectivity index (χ0) is 18.7. The molecule has 1 fully saturated rings. The van der Waals surface area contributed by atoms with Crippen molar-refractivity contribution in [2.75, 3.05) is 11.4 Å². The number of halogens is 2. The molecule has 25 heavy (non-hydrogen) atoms. The molecule has 1 heterocycles. The largest absolute Gasteiger partial charge is 0.480 e. The summed E-state index contributed by atoms with van der Waals surface area (Å²) in [6.45, 7) is 3.59. The van der Waals surface area contributed by atoms with Crippen molar-refractivity contribution >= 4 is 23.5 Å². The molecule has 0 aliphatic carbocycles. The molecule has 0 spiro atoms. The number of aliphatic carboxylic acids is 1. The van der Waals surface area contributed by atoms with Crippen LogP contribution in [0.25, 0.3) is 0 Å². The Hall–Kier alpha value is -2.51. The lowest BCUT2D eigenvalue weighted by Crippen LogP contribution is -2.44. The molecule has 2 rings (SSSR count). The summed E-state index contributed by atoms with van der Waals surface area (Å²) in [4.78, 5) is 36.7. The molecule has 136 valence electrons. The molecular weight excluding hydrogens is 334 g/mol. The molecule has 2 N–H and O–H groups in total. The van der Waals surface area contributed by atoms with E-state index in [9.17, 15) is 28.3 Å². The zero-order valence-corrected chi connectivity index (χ0v) is 14.0. The van der Waals surface area contributed by atoms with Gasteiger partial charge in [-0.1, -0.05) is 13.8 Å². The van der Waals surface area contributed by atoms with Crippen LogP contribution >= 0.6 is 0 Å². The highest BCUT2D eigenvalue weighted by atomic mass is 19.1. The highest BCUT2D eigenvalue weighted by Crippen LogP contribution is 2.28. The number of anilines is 1. The van der Waals surface area contributed by atoms with Crippen molar-refractivity contribution in [2.24, 2.45) is 11.8 Å². The van der Waals surface area contributed by atoms with E-state index in [-0.39, 0.29) is 31.0 Å². The van der Waals surface area contributed by atoms with Crippen molar-refractivity contribution in [3.8, 4) is 0 Å². The molecule has 1 aromatic carbocycles. The van der Waals surface area contributed by atoms with Crippen LogP contribution in [0, 0.1) is 23.5 Å². The molecule has 0 radical (unpaired) electrons. The molecule has 1 aliphatic rings. The van der Waals surface area contributed by atoms with E-state index in [1.807, 2.05) is 13.8 Å². The lowest BCUT2D eigenvalue weighted by Gasteiger charge is -2.20. The van der Waals surface area contributed by atoms with Crippen molar-refractivity contribution in [3.63, 3.8) is 0 Å². The molecule has 0 bridgehead atoms. The van der Waals surface area contributed by atoms with Gasteiger partial charge in [0.05, 0.1) is 11.6 Å². The average molecular weight is 354 g/mol. The van der Waals surface area contributed by atoms with Crippen molar-refractivity contribution in [2.45, 2.75) is 32.7 Å². The van der Waals surface area contributed by atoms with Crippen LogP contribution < -0.4 is 10.2 Å². The fraction of sp³-hybridized carbons (Fsp3) is 0.471. The topological polar surface area (TPSA) is 86.7 Å². The maximum atomic E-state index is 13.9. The minimum Gasteiger partial charge on any atom is -0.480 e. The number of carboxylic acids is 1. The maximum absolute atomic E-state index is 13.9. The number of benzene rings is 1. The molecule has 1 aromatic rings. The summed E-state index contributed by atoms with van der Waals surface area (Å²) in [5.41, 5.74) is -0.0985. The number of hydrogen-bond acceptors (Lipinski definition) is 3. The maximum Gasteiger partial charge on any atom is 0.326 e. The van der Waals surface area contributed by atoms with Crippen LogP contribution in [0.1, 0.15) is 26.7 Å². The minimum absolute atomic E-state index is 0.0661. The van der Waals surface area contributed by atoms with Crippen LogP contribution in [-0.4, -0.2) is 35.5 Å². The summed E-state index contributed by atoms with van der Waals surface area (Å²) in [6.07, 6.45) is 0.106. The van der Waals surface area contributed by atoms with E-state index >= 15 is 0 Å². The normalized spacial score (nSPS) is 18.5. The number of hydrogen-bond donors (Lipinski definition) is 2. The van der Waals surface area contributed by atoms with Gasteiger partial charge in [0.25, 0.3) is 0 Å². The van der Waals surface area contributed by atoms with E-state index in [1.54, 1.807) is 0 Å². The Balaban J connectivity index is 2.08. The first-order chi connectivity index (χ1) is 11.7. The fourth-order valence-electron chi connectivity index (χ4n) is 2.80. The lowest BCUT2D eigenvalue weighted by molar-refractivity contribution is -0.142. The third-order valence-corrected chi connectivity index (χ3v) is 4.02. The first-order valence-electron chi connectivity index (χ1n) is 7.97. The van der Waals surface area contributed by atoms with Gasteiger partial charge in [-0.25, -0.2) is 13.6 Å². The molecule has 6 nitrogen and oxygen atoms in total. The van der Waals surface area contributed by atoms with Gasteiger partial charge in [-0.3, -0.25) is 9.59 Å². The zero-order valence-electron chi connectivity index (χ0n) is 14.0. The number of carboxylic acid groups (broad SMARTS) is 1. The molecule has 1 aliphatic heterocycles. The Morgan fingerprint density at radius 3 is 2.60 bits per heavy atom. The number of carbonyl (C=O) groups excluding carboxylic acids is 2. The van der Waals surface area contributed by atoms with Gasteiger partial charge in [0.2, 0.25) is 11.8 Å². The summed E-state index contributed by atoms with van der Waals surface area (Å²) in [5.74, 6) is -4.55. The highest BCUT2D eigenvalue weighted by molar-refractivity contribution is 6.00. The van der Waals surface area contributed by atoms with E-state index in [1.165, 1.54) is 0 Å². The summed E-state index contributed by atoms with van der Waals surface area (Å²) >= 11 is 0. The molecule has 2 atom stereocenters. The number of nitrogens with one attached hydrogen (secondary N) is 1. The predicted octanol–water partition coefficient (Wildman–Crippen LogP) is 1.93. The SMILES string of the molecule is CC(C)C[C@@H](NC(=O)C1CC(=O)N(c2ccc(F)cc2F)C1)C(=O)O. The summed E-state index contributed by atoms with van der Waals surface area (Å²) in [5, 5.41) is 11.6. The number of nitrogens with zero attached hydrogens (tertiary/aromatic N) is 1. The van der Waals surface area contributed by atoms with Gasteiger partial charge in [0.1, 0.15) is 17.7 Å². The van der Waals surface area contributed by atoms with Crippen LogP contribution in [0.15, 0.2) is 18.2 Å². The highest BCUT2D eigenvalue weighted by Gasteiger charge is 2.37. The van der Waals surface area contributed by atoms with Crippen molar-refractivity contribution in [1.29, 1.82) is 0 Å². The van der Waals surface area contributed by atoms with Crippen LogP contribution in [-0.2, 0) is 14.4 Å². The molecule has 1 unspecified atom stereocenters. The number of carbonyl (C=O) groups is 3. The standard InChI is InChI=1S/C17H20F2N2O4/c1-9(2)5-13(17(24)25)20-16(23)10-6-15(22)21(8-10)14-4-3-11(18)7-12(14)19/h3-4,7,9-10,13H,5-6,8H2,1-2H3,(H,20,23)(H,24,25)/t10?,13-/m1/s1. The molecule has 2 amide bonds. The van der Waals surface area contributed by atoms with Crippen LogP contribution in [0.2, 0.25) is 0 Å². The molecular formula is C17H20F2N2O4. The molecule has 0 aromatic heterocycles.